The Hall–Kier alpha value is -1.06. The van der Waals surface area contributed by atoms with Gasteiger partial charge in [-0.05, 0) is 30.7 Å². The summed E-state index contributed by atoms with van der Waals surface area (Å²) in [4.78, 5) is 11.7. The largest absolute Gasteiger partial charge is 0.381 e. The molecule has 0 atom stereocenters. The summed E-state index contributed by atoms with van der Waals surface area (Å²) in [7, 11) is 0. The molecule has 1 N–H and O–H groups in total. The molecule has 1 amide bonds. The number of aryl methyl sites for hydroxylation is 1. The van der Waals surface area contributed by atoms with E-state index in [0.717, 1.165) is 11.3 Å². The summed E-state index contributed by atoms with van der Waals surface area (Å²) >= 11 is 5.84. The Kier molecular flexibility index (Phi) is 3.46. The minimum atomic E-state index is 0.0405. The van der Waals surface area contributed by atoms with Gasteiger partial charge in [0.15, 0.2) is 0 Å². The molecule has 1 aliphatic heterocycles. The number of carbonyl (C=O) groups excluding carboxylic acids is 1. The number of benzene rings is 1. The zero-order chi connectivity index (χ0) is 11.5. The van der Waals surface area contributed by atoms with Crippen LogP contribution in [0.15, 0.2) is 18.2 Å². The number of rotatable bonds is 3. The molecule has 1 aliphatic rings. The maximum atomic E-state index is 11.7. The molecular weight excluding hydrogens is 226 g/mol. The summed E-state index contributed by atoms with van der Waals surface area (Å²) in [6.07, 6.45) is 0.530. The van der Waals surface area contributed by atoms with E-state index in [0.29, 0.717) is 30.6 Å². The van der Waals surface area contributed by atoms with Crippen LogP contribution in [0.3, 0.4) is 0 Å². The van der Waals surface area contributed by atoms with Gasteiger partial charge in [0.05, 0.1) is 13.2 Å². The van der Waals surface area contributed by atoms with E-state index >= 15 is 0 Å². The molecular formula is C12H14ClNO2. The lowest BCUT2D eigenvalue weighted by molar-refractivity contribution is -0.121. The minimum absolute atomic E-state index is 0.0405. The van der Waals surface area contributed by atoms with Gasteiger partial charge in [-0.3, -0.25) is 4.79 Å². The Bertz CT molecular complexity index is 402. The van der Waals surface area contributed by atoms with Crippen molar-refractivity contribution in [3.63, 3.8) is 0 Å². The second-order valence-corrected chi connectivity index (χ2v) is 4.55. The number of hydrogen-bond donors (Lipinski definition) is 1. The molecule has 86 valence electrons. The zero-order valence-corrected chi connectivity index (χ0v) is 9.88. The van der Waals surface area contributed by atoms with Crippen LogP contribution in [-0.2, 0) is 9.53 Å². The molecule has 3 nitrogen and oxygen atoms in total. The third-order valence-electron chi connectivity index (χ3n) is 2.64. The molecule has 16 heavy (non-hydrogen) atoms. The van der Waals surface area contributed by atoms with Crippen LogP contribution < -0.4 is 5.32 Å². The van der Waals surface area contributed by atoms with Crippen LogP contribution in [0.5, 0.6) is 0 Å². The minimum Gasteiger partial charge on any atom is -0.381 e. The van der Waals surface area contributed by atoms with Gasteiger partial charge in [0.1, 0.15) is 0 Å². The fraction of sp³-hybridized carbons (Fsp3) is 0.417. The van der Waals surface area contributed by atoms with Gasteiger partial charge in [0.25, 0.3) is 0 Å². The number of nitrogens with one attached hydrogen (secondary N) is 1. The molecule has 0 radical (unpaired) electrons. The molecule has 0 spiro atoms. The predicted molar refractivity (Wildman–Crippen MR) is 63.7 cm³/mol. The van der Waals surface area contributed by atoms with Crippen LogP contribution in [-0.4, -0.2) is 19.1 Å². The lowest BCUT2D eigenvalue weighted by Gasteiger charge is -2.25. The Morgan fingerprint density at radius 2 is 2.31 bits per heavy atom. The van der Waals surface area contributed by atoms with Crippen LogP contribution in [0.2, 0.25) is 5.02 Å². The molecule has 4 heteroatoms. The summed E-state index contributed by atoms with van der Waals surface area (Å²) in [6.45, 7) is 3.33. The number of carbonyl (C=O) groups is 1. The molecule has 1 saturated heterocycles. The van der Waals surface area contributed by atoms with Crippen molar-refractivity contribution >= 4 is 23.2 Å². The Balaban J connectivity index is 1.94. The first-order valence-corrected chi connectivity index (χ1v) is 5.66. The fourth-order valence-electron chi connectivity index (χ4n) is 1.63. The highest BCUT2D eigenvalue weighted by Crippen LogP contribution is 2.21. The van der Waals surface area contributed by atoms with Gasteiger partial charge >= 0.3 is 0 Å². The summed E-state index contributed by atoms with van der Waals surface area (Å²) in [5.41, 5.74) is 1.81. The first-order valence-electron chi connectivity index (χ1n) is 5.29. The molecule has 1 heterocycles. The highest BCUT2D eigenvalue weighted by atomic mass is 35.5. The highest BCUT2D eigenvalue weighted by molar-refractivity contribution is 6.30. The Labute approximate surface area is 99.7 Å². The van der Waals surface area contributed by atoms with Crippen molar-refractivity contribution in [2.75, 3.05) is 18.5 Å². The van der Waals surface area contributed by atoms with Gasteiger partial charge in [0.2, 0.25) is 5.91 Å². The molecule has 0 aliphatic carbocycles. The standard InChI is InChI=1S/C12H14ClNO2/c1-8-4-10(13)2-3-11(8)14-12(15)5-9-6-16-7-9/h2-4,9H,5-7H2,1H3,(H,14,15). The molecule has 1 aromatic rings. The van der Waals surface area contributed by atoms with Gasteiger partial charge in [-0.25, -0.2) is 0 Å². The predicted octanol–water partition coefficient (Wildman–Crippen LogP) is 2.62. The van der Waals surface area contributed by atoms with E-state index in [4.69, 9.17) is 16.3 Å². The summed E-state index contributed by atoms with van der Waals surface area (Å²) in [5, 5.41) is 3.57. The fourth-order valence-corrected chi connectivity index (χ4v) is 1.86. The van der Waals surface area contributed by atoms with E-state index in [-0.39, 0.29) is 5.91 Å². The van der Waals surface area contributed by atoms with E-state index in [9.17, 15) is 4.79 Å². The van der Waals surface area contributed by atoms with Gasteiger partial charge in [0, 0.05) is 23.0 Å². The molecule has 1 aromatic carbocycles. The van der Waals surface area contributed by atoms with Crippen molar-refractivity contribution in [3.8, 4) is 0 Å². The third-order valence-corrected chi connectivity index (χ3v) is 2.88. The molecule has 1 fully saturated rings. The van der Waals surface area contributed by atoms with Gasteiger partial charge < -0.3 is 10.1 Å². The number of halogens is 1. The third kappa shape index (κ3) is 2.74. The smallest absolute Gasteiger partial charge is 0.224 e. The van der Waals surface area contributed by atoms with Crippen molar-refractivity contribution in [3.05, 3.63) is 28.8 Å². The molecule has 2 rings (SSSR count). The summed E-state index contributed by atoms with van der Waals surface area (Å²) in [5.74, 6) is 0.423. The lowest BCUT2D eigenvalue weighted by atomic mass is 10.0. The zero-order valence-electron chi connectivity index (χ0n) is 9.13. The van der Waals surface area contributed by atoms with E-state index in [1.54, 1.807) is 6.07 Å². The van der Waals surface area contributed by atoms with Gasteiger partial charge in [-0.1, -0.05) is 11.6 Å². The number of ether oxygens (including phenoxy) is 1. The highest BCUT2D eigenvalue weighted by Gasteiger charge is 2.21. The average Bonchev–Trinajstić information content (AvgIpc) is 2.16. The quantitative estimate of drug-likeness (QED) is 0.881. The lowest BCUT2D eigenvalue weighted by Crippen LogP contribution is -2.31. The number of hydrogen-bond acceptors (Lipinski definition) is 2. The summed E-state index contributed by atoms with van der Waals surface area (Å²) < 4.78 is 5.03. The monoisotopic (exact) mass is 239 g/mol. The van der Waals surface area contributed by atoms with Crippen molar-refractivity contribution in [1.82, 2.24) is 0 Å². The van der Waals surface area contributed by atoms with E-state index in [1.165, 1.54) is 0 Å². The van der Waals surface area contributed by atoms with Crippen molar-refractivity contribution < 1.29 is 9.53 Å². The Morgan fingerprint density at radius 1 is 1.56 bits per heavy atom. The van der Waals surface area contributed by atoms with Crippen LogP contribution in [0.25, 0.3) is 0 Å². The van der Waals surface area contributed by atoms with Gasteiger partial charge in [-0.2, -0.15) is 0 Å². The maximum absolute atomic E-state index is 11.7. The second-order valence-electron chi connectivity index (χ2n) is 4.12. The first-order chi connectivity index (χ1) is 7.65. The van der Waals surface area contributed by atoms with E-state index in [2.05, 4.69) is 5.32 Å². The average molecular weight is 240 g/mol. The normalized spacial score (nSPS) is 15.6. The maximum Gasteiger partial charge on any atom is 0.224 e. The number of amides is 1. The van der Waals surface area contributed by atoms with Crippen LogP contribution in [0.1, 0.15) is 12.0 Å². The van der Waals surface area contributed by atoms with Crippen LogP contribution in [0, 0.1) is 12.8 Å². The summed E-state index contributed by atoms with van der Waals surface area (Å²) in [6, 6.07) is 5.44. The van der Waals surface area contributed by atoms with Crippen molar-refractivity contribution in [2.24, 2.45) is 5.92 Å². The molecule has 0 saturated carbocycles. The molecule has 0 aromatic heterocycles. The van der Waals surface area contributed by atoms with Crippen molar-refractivity contribution in [1.29, 1.82) is 0 Å². The molecule has 0 bridgehead atoms. The Morgan fingerprint density at radius 3 is 2.88 bits per heavy atom. The van der Waals surface area contributed by atoms with Crippen LogP contribution in [0.4, 0.5) is 5.69 Å². The number of anilines is 1. The molecule has 0 unspecified atom stereocenters. The first kappa shape index (κ1) is 11.4. The van der Waals surface area contributed by atoms with Crippen LogP contribution >= 0.6 is 11.6 Å². The van der Waals surface area contributed by atoms with Gasteiger partial charge in [-0.15, -0.1) is 0 Å². The van der Waals surface area contributed by atoms with Crippen molar-refractivity contribution in [2.45, 2.75) is 13.3 Å². The second kappa shape index (κ2) is 4.85. The topological polar surface area (TPSA) is 38.3 Å². The van der Waals surface area contributed by atoms with E-state index < -0.39 is 0 Å². The van der Waals surface area contributed by atoms with E-state index in [1.807, 2.05) is 19.1 Å². The SMILES string of the molecule is Cc1cc(Cl)ccc1NC(=O)CC1COC1.